The standard InChI is InChI=1S/C67H80N2Si2/c1-63(2,3)46-24-32-50(33-25-46)68(51-34-26-47(27-35-51)64(4,5)6)54-40-42-55-45(43-54)23-41-58-61-57-22-20-19-21-56(57)60(44-59(61)67(62(55)58,70(13,14)15)71(16,17)18)69(52-36-28-48(29-37-52)65(7,8)9)53-38-30-49(31-39-53)66(10,11)12/h19-44H,1-18H3. The van der Waals surface area contributed by atoms with Crippen LogP contribution in [-0.2, 0) is 26.3 Å². The summed E-state index contributed by atoms with van der Waals surface area (Å²) in [5, 5.41) is 5.29. The minimum Gasteiger partial charge on any atom is -0.310 e. The molecular weight excluding hydrogens is 889 g/mol. The van der Waals surface area contributed by atoms with E-state index in [0.717, 1.165) is 11.4 Å². The molecule has 9 rings (SSSR count). The number of benzene rings is 8. The van der Waals surface area contributed by atoms with Gasteiger partial charge in [0.15, 0.2) is 0 Å². The predicted octanol–water partition coefficient (Wildman–Crippen LogP) is 20.1. The van der Waals surface area contributed by atoms with Crippen molar-refractivity contribution in [1.29, 1.82) is 0 Å². The summed E-state index contributed by atoms with van der Waals surface area (Å²) in [6.45, 7) is 43.5. The molecule has 0 spiro atoms. The first-order valence-corrected chi connectivity index (χ1v) is 33.2. The van der Waals surface area contributed by atoms with E-state index in [2.05, 4.69) is 290 Å². The highest BCUT2D eigenvalue weighted by molar-refractivity contribution is 7.00. The number of hydrogen-bond acceptors (Lipinski definition) is 2. The van der Waals surface area contributed by atoms with Crippen molar-refractivity contribution in [2.24, 2.45) is 0 Å². The molecule has 4 heteroatoms. The van der Waals surface area contributed by atoms with Gasteiger partial charge in [0, 0.05) is 38.5 Å². The predicted molar refractivity (Wildman–Crippen MR) is 319 cm³/mol. The van der Waals surface area contributed by atoms with Crippen molar-refractivity contribution < 1.29 is 0 Å². The molecule has 0 amide bonds. The minimum atomic E-state index is -2.14. The molecule has 0 N–H and O–H groups in total. The van der Waals surface area contributed by atoms with E-state index in [1.165, 1.54) is 83.2 Å². The Kier molecular flexibility index (Phi) is 12.2. The van der Waals surface area contributed by atoms with Crippen LogP contribution < -0.4 is 9.80 Å². The Bertz CT molecular complexity index is 3130. The summed E-state index contributed by atoms with van der Waals surface area (Å²) in [5.74, 6) is 0. The molecule has 1 aliphatic rings. The van der Waals surface area contributed by atoms with Crippen LogP contribution in [0.2, 0.25) is 39.3 Å². The smallest absolute Gasteiger partial charge is 0.0579 e. The van der Waals surface area contributed by atoms with Crippen LogP contribution in [0.1, 0.15) is 116 Å². The summed E-state index contributed by atoms with van der Waals surface area (Å²) in [6, 6.07) is 61.6. The molecule has 0 aromatic heterocycles. The third-order valence-corrected chi connectivity index (χ3v) is 25.8. The van der Waals surface area contributed by atoms with Gasteiger partial charge in [0.2, 0.25) is 0 Å². The number of anilines is 6. The fourth-order valence-electron chi connectivity index (χ4n) is 12.3. The van der Waals surface area contributed by atoms with Gasteiger partial charge < -0.3 is 9.80 Å². The molecule has 1 aliphatic carbocycles. The van der Waals surface area contributed by atoms with Crippen molar-refractivity contribution in [1.82, 2.24) is 0 Å². The molecule has 0 saturated carbocycles. The van der Waals surface area contributed by atoms with Crippen molar-refractivity contribution in [2.45, 2.75) is 149 Å². The Morgan fingerprint density at radius 2 is 0.718 bits per heavy atom. The quantitative estimate of drug-likeness (QED) is 0.140. The molecule has 8 aromatic carbocycles. The van der Waals surface area contributed by atoms with E-state index in [0.29, 0.717) is 0 Å². The van der Waals surface area contributed by atoms with Gasteiger partial charge in [-0.2, -0.15) is 0 Å². The first kappa shape index (κ1) is 50.3. The van der Waals surface area contributed by atoms with Crippen LogP contribution in [0, 0.1) is 0 Å². The lowest BCUT2D eigenvalue weighted by Gasteiger charge is -2.52. The summed E-state index contributed by atoms with van der Waals surface area (Å²) < 4.78 is -0.117. The maximum absolute atomic E-state index is 2.67. The molecule has 0 saturated heterocycles. The lowest BCUT2D eigenvalue weighted by molar-refractivity contribution is 0.590. The van der Waals surface area contributed by atoms with E-state index in [-0.39, 0.29) is 26.3 Å². The van der Waals surface area contributed by atoms with Crippen LogP contribution in [0.4, 0.5) is 34.1 Å². The summed E-state index contributed by atoms with van der Waals surface area (Å²) in [4.78, 5) is 5.02. The van der Waals surface area contributed by atoms with Gasteiger partial charge in [0.25, 0.3) is 0 Å². The number of hydrogen-bond donors (Lipinski definition) is 0. The molecule has 0 fully saturated rings. The summed E-state index contributed by atoms with van der Waals surface area (Å²) in [5.41, 5.74) is 18.6. The first-order chi connectivity index (χ1) is 33.0. The lowest BCUT2D eigenvalue weighted by atomic mass is 9.86. The van der Waals surface area contributed by atoms with Crippen LogP contribution in [0.5, 0.6) is 0 Å². The third kappa shape index (κ3) is 8.71. The highest BCUT2D eigenvalue weighted by Crippen LogP contribution is 2.63. The van der Waals surface area contributed by atoms with Crippen LogP contribution in [-0.4, -0.2) is 16.1 Å². The zero-order chi connectivity index (χ0) is 51.4. The van der Waals surface area contributed by atoms with Gasteiger partial charge in [-0.15, -0.1) is 0 Å². The van der Waals surface area contributed by atoms with Crippen molar-refractivity contribution >= 4 is 71.8 Å². The molecule has 0 heterocycles. The Balaban J connectivity index is 1.31. The van der Waals surface area contributed by atoms with Crippen molar-refractivity contribution in [3.8, 4) is 11.1 Å². The topological polar surface area (TPSA) is 6.48 Å². The minimum absolute atomic E-state index is 0.0509. The summed E-state index contributed by atoms with van der Waals surface area (Å²) >= 11 is 0. The number of fused-ring (bicyclic) bond motifs is 7. The van der Waals surface area contributed by atoms with Gasteiger partial charge in [-0.3, -0.25) is 0 Å². The maximum Gasteiger partial charge on any atom is 0.0579 e. The largest absolute Gasteiger partial charge is 0.310 e. The maximum atomic E-state index is 2.67. The Labute approximate surface area is 430 Å². The van der Waals surface area contributed by atoms with Gasteiger partial charge in [-0.1, -0.05) is 213 Å². The molecule has 8 aromatic rings. The molecule has 0 aliphatic heterocycles. The molecule has 366 valence electrons. The Morgan fingerprint density at radius 1 is 0.352 bits per heavy atom. The fourth-order valence-corrected chi connectivity index (χ4v) is 25.4. The van der Waals surface area contributed by atoms with Gasteiger partial charge >= 0.3 is 0 Å². The zero-order valence-electron chi connectivity index (χ0n) is 46.4. The van der Waals surface area contributed by atoms with E-state index in [9.17, 15) is 0 Å². The average Bonchev–Trinajstić information content (AvgIpc) is 3.61. The second-order valence-electron chi connectivity index (χ2n) is 26.9. The molecule has 0 bridgehead atoms. The van der Waals surface area contributed by atoms with Crippen molar-refractivity contribution in [3.63, 3.8) is 0 Å². The molecule has 2 nitrogen and oxygen atoms in total. The molecule has 0 unspecified atom stereocenters. The summed E-state index contributed by atoms with van der Waals surface area (Å²) in [6.07, 6.45) is 0. The van der Waals surface area contributed by atoms with E-state index < -0.39 is 16.1 Å². The van der Waals surface area contributed by atoms with Gasteiger partial charge in [0.1, 0.15) is 0 Å². The average molecular weight is 970 g/mol. The molecule has 71 heavy (non-hydrogen) atoms. The van der Waals surface area contributed by atoms with E-state index in [1.54, 1.807) is 5.56 Å². The van der Waals surface area contributed by atoms with E-state index in [4.69, 9.17) is 0 Å². The highest BCUT2D eigenvalue weighted by Gasteiger charge is 2.60. The lowest BCUT2D eigenvalue weighted by Crippen LogP contribution is -2.63. The Hall–Kier alpha value is -5.69. The van der Waals surface area contributed by atoms with Gasteiger partial charge in [0.05, 0.1) is 21.8 Å². The monoisotopic (exact) mass is 969 g/mol. The first-order valence-electron chi connectivity index (χ1n) is 26.2. The zero-order valence-corrected chi connectivity index (χ0v) is 48.4. The molecule has 0 atom stereocenters. The highest BCUT2D eigenvalue weighted by atomic mass is 28.4. The third-order valence-electron chi connectivity index (χ3n) is 15.8. The number of rotatable bonds is 8. The SMILES string of the molecule is CC(C)(C)c1ccc(N(c2ccc(C(C)(C)C)cc2)c2ccc3c4c(ccc3c2)-c2c(cc(N(c3ccc(C(C)(C)C)cc3)c3ccc(C(C)(C)C)cc3)c3ccccc23)C4([Si](C)(C)C)[Si](C)(C)C)cc1. The molecule has 0 radical (unpaired) electrons. The summed E-state index contributed by atoms with van der Waals surface area (Å²) in [7, 11) is -4.28. The van der Waals surface area contributed by atoms with Gasteiger partial charge in [-0.25, -0.2) is 0 Å². The van der Waals surface area contributed by atoms with E-state index in [1.807, 2.05) is 0 Å². The Morgan fingerprint density at radius 3 is 1.10 bits per heavy atom. The van der Waals surface area contributed by atoms with Crippen LogP contribution in [0.25, 0.3) is 32.7 Å². The van der Waals surface area contributed by atoms with Crippen molar-refractivity contribution in [2.75, 3.05) is 9.80 Å². The second-order valence-corrected chi connectivity index (χ2v) is 37.9. The van der Waals surface area contributed by atoms with Crippen LogP contribution in [0.15, 0.2) is 158 Å². The fraction of sp³-hybridized carbons (Fsp3) is 0.343. The second kappa shape index (κ2) is 17.2. The van der Waals surface area contributed by atoms with Crippen LogP contribution >= 0.6 is 0 Å². The normalized spacial score (nSPS) is 14.2. The van der Waals surface area contributed by atoms with Crippen molar-refractivity contribution in [3.05, 3.63) is 191 Å². The number of nitrogens with zero attached hydrogens (tertiary/aromatic N) is 2. The van der Waals surface area contributed by atoms with Crippen LogP contribution in [0.3, 0.4) is 0 Å². The van der Waals surface area contributed by atoms with E-state index >= 15 is 0 Å². The van der Waals surface area contributed by atoms with Gasteiger partial charge in [-0.05, 0) is 149 Å². The molecular formula is C67H80N2Si2.